The van der Waals surface area contributed by atoms with Crippen LogP contribution >= 0.6 is 0 Å². The monoisotopic (exact) mass is 325 g/mol. The Kier molecular flexibility index (Phi) is 4.47. The van der Waals surface area contributed by atoms with Gasteiger partial charge in [-0.25, -0.2) is 0 Å². The largest absolute Gasteiger partial charge is 0.497 e. The van der Waals surface area contributed by atoms with E-state index in [9.17, 15) is 4.79 Å². The summed E-state index contributed by atoms with van der Waals surface area (Å²) in [6.45, 7) is 1.98. The molecule has 0 spiro atoms. The maximum Gasteiger partial charge on any atom is 0.231 e. The molecule has 2 aromatic rings. The highest BCUT2D eigenvalue weighted by atomic mass is 16.5. The number of hydrogen-bond acceptors (Lipinski definition) is 3. The maximum absolute atomic E-state index is 12.9. The van der Waals surface area contributed by atoms with E-state index < -0.39 is 0 Å². The van der Waals surface area contributed by atoms with Gasteiger partial charge >= 0.3 is 0 Å². The van der Waals surface area contributed by atoms with Crippen molar-refractivity contribution in [3.05, 3.63) is 59.7 Å². The van der Waals surface area contributed by atoms with E-state index in [-0.39, 0.29) is 17.4 Å². The Hall–Kier alpha value is -2.49. The Labute approximate surface area is 142 Å². The fourth-order valence-corrected chi connectivity index (χ4v) is 3.12. The highest BCUT2D eigenvalue weighted by molar-refractivity contribution is 5.91. The fraction of sp³-hybridized carbons (Fsp3) is 0.350. The molecule has 24 heavy (non-hydrogen) atoms. The molecule has 3 rings (SSSR count). The zero-order valence-corrected chi connectivity index (χ0v) is 14.3. The average molecular weight is 325 g/mol. The second kappa shape index (κ2) is 6.56. The first-order valence-corrected chi connectivity index (χ1v) is 8.19. The second-order valence-electron chi connectivity index (χ2n) is 6.25. The van der Waals surface area contributed by atoms with E-state index in [0.29, 0.717) is 5.75 Å². The van der Waals surface area contributed by atoms with E-state index in [2.05, 4.69) is 5.32 Å². The van der Waals surface area contributed by atoms with E-state index in [1.54, 1.807) is 14.2 Å². The smallest absolute Gasteiger partial charge is 0.231 e. The molecular formula is C20H23NO3. The number of ether oxygens (including phenoxy) is 2. The number of methoxy groups -OCH3 is 2. The van der Waals surface area contributed by atoms with E-state index in [1.165, 1.54) is 0 Å². The molecule has 1 amide bonds. The lowest BCUT2D eigenvalue weighted by molar-refractivity contribution is -0.124. The normalized spacial score (nSPS) is 16.1. The quantitative estimate of drug-likeness (QED) is 0.882. The highest BCUT2D eigenvalue weighted by Gasteiger charge is 2.51. The molecule has 1 aliphatic carbocycles. The van der Waals surface area contributed by atoms with Gasteiger partial charge in [-0.05, 0) is 37.5 Å². The summed E-state index contributed by atoms with van der Waals surface area (Å²) < 4.78 is 10.7. The summed E-state index contributed by atoms with van der Waals surface area (Å²) in [7, 11) is 3.25. The van der Waals surface area contributed by atoms with E-state index >= 15 is 0 Å². The molecule has 1 aliphatic rings. The van der Waals surface area contributed by atoms with Crippen molar-refractivity contribution >= 4 is 5.91 Å². The molecule has 1 N–H and O–H groups in total. The van der Waals surface area contributed by atoms with Crippen LogP contribution in [0.3, 0.4) is 0 Å². The second-order valence-corrected chi connectivity index (χ2v) is 6.25. The van der Waals surface area contributed by atoms with Crippen LogP contribution in [-0.2, 0) is 10.2 Å². The van der Waals surface area contributed by atoms with Crippen LogP contribution in [0.25, 0.3) is 0 Å². The lowest BCUT2D eigenvalue weighted by Crippen LogP contribution is -2.36. The Morgan fingerprint density at radius 3 is 2.38 bits per heavy atom. The van der Waals surface area contributed by atoms with E-state index in [4.69, 9.17) is 9.47 Å². The molecule has 4 heteroatoms. The average Bonchev–Trinajstić information content (AvgIpc) is 3.43. The van der Waals surface area contributed by atoms with Crippen molar-refractivity contribution in [2.24, 2.45) is 0 Å². The van der Waals surface area contributed by atoms with Crippen LogP contribution in [0, 0.1) is 0 Å². The van der Waals surface area contributed by atoms with Crippen molar-refractivity contribution in [1.29, 1.82) is 0 Å². The molecule has 0 aromatic heterocycles. The van der Waals surface area contributed by atoms with Crippen molar-refractivity contribution in [3.8, 4) is 11.5 Å². The molecule has 0 radical (unpaired) electrons. The molecular weight excluding hydrogens is 302 g/mol. The summed E-state index contributed by atoms with van der Waals surface area (Å²) in [4.78, 5) is 12.9. The highest BCUT2D eigenvalue weighted by Crippen LogP contribution is 2.48. The van der Waals surface area contributed by atoms with Gasteiger partial charge in [-0.2, -0.15) is 0 Å². The third-order valence-electron chi connectivity index (χ3n) is 4.77. The molecule has 1 atom stereocenters. The molecule has 126 valence electrons. The number of carbonyl (C=O) groups excluding carboxylic acids is 1. The topological polar surface area (TPSA) is 47.6 Å². The summed E-state index contributed by atoms with van der Waals surface area (Å²) in [5.74, 6) is 1.53. The molecule has 0 aliphatic heterocycles. The third kappa shape index (κ3) is 2.96. The third-order valence-corrected chi connectivity index (χ3v) is 4.77. The summed E-state index contributed by atoms with van der Waals surface area (Å²) in [6, 6.07) is 15.5. The number of carbonyl (C=O) groups is 1. The predicted octanol–water partition coefficient (Wildman–Crippen LogP) is 3.61. The summed E-state index contributed by atoms with van der Waals surface area (Å²) in [6.07, 6.45) is 1.80. The Morgan fingerprint density at radius 2 is 1.79 bits per heavy atom. The van der Waals surface area contributed by atoms with Gasteiger partial charge in [-0.3, -0.25) is 4.79 Å². The van der Waals surface area contributed by atoms with Crippen molar-refractivity contribution in [3.63, 3.8) is 0 Å². The molecule has 0 saturated heterocycles. The molecule has 0 heterocycles. The van der Waals surface area contributed by atoms with Crippen LogP contribution in [-0.4, -0.2) is 20.1 Å². The van der Waals surface area contributed by atoms with Gasteiger partial charge in [0, 0.05) is 11.6 Å². The zero-order valence-electron chi connectivity index (χ0n) is 14.3. The first-order valence-electron chi connectivity index (χ1n) is 8.19. The number of nitrogens with one attached hydrogen (secondary N) is 1. The summed E-state index contributed by atoms with van der Waals surface area (Å²) in [5, 5.41) is 3.15. The lowest BCUT2D eigenvalue weighted by atomic mass is 9.94. The van der Waals surface area contributed by atoms with Crippen LogP contribution < -0.4 is 14.8 Å². The molecule has 4 nitrogen and oxygen atoms in total. The van der Waals surface area contributed by atoms with Crippen LogP contribution in [0.15, 0.2) is 48.5 Å². The number of rotatable bonds is 6. The van der Waals surface area contributed by atoms with Gasteiger partial charge in [0.2, 0.25) is 5.91 Å². The van der Waals surface area contributed by atoms with Crippen molar-refractivity contribution in [1.82, 2.24) is 5.32 Å². The number of amides is 1. The first kappa shape index (κ1) is 16.4. The Balaban J connectivity index is 1.78. The molecule has 2 aromatic carbocycles. The van der Waals surface area contributed by atoms with Gasteiger partial charge in [0.1, 0.15) is 11.5 Å². The minimum Gasteiger partial charge on any atom is -0.497 e. The number of benzene rings is 2. The fourth-order valence-electron chi connectivity index (χ4n) is 3.12. The summed E-state index contributed by atoms with van der Waals surface area (Å²) >= 11 is 0. The van der Waals surface area contributed by atoms with Crippen LogP contribution in [0.5, 0.6) is 11.5 Å². The minimum absolute atomic E-state index is 0.0825. The standard InChI is InChI=1S/C20H23NO3/c1-14(17-10-9-16(23-2)13-18(17)24-3)21-19(22)20(11-12-20)15-7-5-4-6-8-15/h4-10,13-14H,11-12H2,1-3H3,(H,21,22). The minimum atomic E-state index is -0.366. The maximum atomic E-state index is 12.9. The zero-order chi connectivity index (χ0) is 17.2. The van der Waals surface area contributed by atoms with Gasteiger partial charge in [0.15, 0.2) is 0 Å². The van der Waals surface area contributed by atoms with Gasteiger partial charge in [0.05, 0.1) is 25.7 Å². The van der Waals surface area contributed by atoms with E-state index in [0.717, 1.165) is 29.7 Å². The molecule has 0 bridgehead atoms. The lowest BCUT2D eigenvalue weighted by Gasteiger charge is -2.22. The van der Waals surface area contributed by atoms with Gasteiger partial charge in [-0.1, -0.05) is 30.3 Å². The molecule has 1 saturated carbocycles. The molecule has 1 fully saturated rings. The van der Waals surface area contributed by atoms with Crippen LogP contribution in [0.1, 0.15) is 36.9 Å². The SMILES string of the molecule is COc1ccc(C(C)NC(=O)C2(c3ccccc3)CC2)c(OC)c1. The number of hydrogen-bond donors (Lipinski definition) is 1. The van der Waals surface area contributed by atoms with Crippen LogP contribution in [0.4, 0.5) is 0 Å². The first-order chi connectivity index (χ1) is 11.6. The van der Waals surface area contributed by atoms with Crippen molar-refractivity contribution in [2.75, 3.05) is 14.2 Å². The predicted molar refractivity (Wildman–Crippen MR) is 93.5 cm³/mol. The van der Waals surface area contributed by atoms with Gasteiger partial charge < -0.3 is 14.8 Å². The molecule has 1 unspecified atom stereocenters. The van der Waals surface area contributed by atoms with Crippen molar-refractivity contribution in [2.45, 2.75) is 31.2 Å². The van der Waals surface area contributed by atoms with Gasteiger partial charge in [0.25, 0.3) is 0 Å². The van der Waals surface area contributed by atoms with Gasteiger partial charge in [-0.15, -0.1) is 0 Å². The van der Waals surface area contributed by atoms with Crippen LogP contribution in [0.2, 0.25) is 0 Å². The Morgan fingerprint density at radius 1 is 1.08 bits per heavy atom. The Bertz CT molecular complexity index is 723. The van der Waals surface area contributed by atoms with Crippen molar-refractivity contribution < 1.29 is 14.3 Å². The van der Waals surface area contributed by atoms with E-state index in [1.807, 2.05) is 55.5 Å². The summed E-state index contributed by atoms with van der Waals surface area (Å²) in [5.41, 5.74) is 1.67.